The fourth-order valence-electron chi connectivity index (χ4n) is 2.73. The predicted molar refractivity (Wildman–Crippen MR) is 81.2 cm³/mol. The van der Waals surface area contributed by atoms with Crippen LogP contribution in [0, 0.1) is 0 Å². The third-order valence-corrected chi connectivity index (χ3v) is 3.86. The molecule has 0 radical (unpaired) electrons. The number of hydrogen-bond acceptors (Lipinski definition) is 5. The van der Waals surface area contributed by atoms with E-state index in [1.54, 1.807) is 13.2 Å². The van der Waals surface area contributed by atoms with Gasteiger partial charge in [0.15, 0.2) is 0 Å². The summed E-state index contributed by atoms with van der Waals surface area (Å²) >= 11 is 5.86. The number of ether oxygens (including phenoxy) is 1. The Balaban J connectivity index is 1.74. The number of halogens is 1. The van der Waals surface area contributed by atoms with E-state index in [-0.39, 0.29) is 0 Å². The quantitative estimate of drug-likeness (QED) is 0.790. The van der Waals surface area contributed by atoms with Gasteiger partial charge in [-0.15, -0.1) is 0 Å². The average Bonchev–Trinajstić information content (AvgIpc) is 2.41. The molecule has 1 aromatic rings. The summed E-state index contributed by atoms with van der Waals surface area (Å²) < 4.78 is 5.15. The summed E-state index contributed by atoms with van der Waals surface area (Å²) in [6.07, 6.45) is 6.11. The molecular weight excluding hydrogens is 276 g/mol. The minimum atomic E-state index is 0.412. The largest absolute Gasteiger partial charge is 0.383 e. The Morgan fingerprint density at radius 2 is 2.00 bits per heavy atom. The van der Waals surface area contributed by atoms with Gasteiger partial charge in [-0.05, 0) is 32.6 Å². The number of rotatable bonds is 6. The molecule has 5 nitrogen and oxygen atoms in total. The second-order valence-electron chi connectivity index (χ2n) is 5.44. The third-order valence-electron chi connectivity index (χ3n) is 3.65. The van der Waals surface area contributed by atoms with Gasteiger partial charge in [-0.1, -0.05) is 11.6 Å². The highest BCUT2D eigenvalue weighted by Gasteiger charge is 2.22. The number of aromatic nitrogens is 2. The molecule has 1 aromatic heterocycles. The first-order valence-electron chi connectivity index (χ1n) is 7.16. The van der Waals surface area contributed by atoms with E-state index in [9.17, 15) is 0 Å². The van der Waals surface area contributed by atoms with E-state index in [0.29, 0.717) is 23.3 Å². The third kappa shape index (κ3) is 4.89. The van der Waals surface area contributed by atoms with E-state index in [1.165, 1.54) is 19.2 Å². The maximum atomic E-state index is 5.86. The van der Waals surface area contributed by atoms with Gasteiger partial charge < -0.3 is 15.4 Å². The second-order valence-corrected chi connectivity index (χ2v) is 5.83. The molecule has 112 valence electrons. The molecule has 2 N–H and O–H groups in total. The Morgan fingerprint density at radius 3 is 2.65 bits per heavy atom. The highest BCUT2D eigenvalue weighted by Crippen LogP contribution is 2.22. The molecule has 1 aliphatic carbocycles. The summed E-state index contributed by atoms with van der Waals surface area (Å²) in [6.45, 7) is 2.92. The van der Waals surface area contributed by atoms with E-state index < -0.39 is 0 Å². The first-order valence-corrected chi connectivity index (χ1v) is 7.54. The van der Waals surface area contributed by atoms with Gasteiger partial charge in [-0.3, -0.25) is 0 Å². The molecular formula is C14H23ClN4O. The topological polar surface area (TPSA) is 59.1 Å². The van der Waals surface area contributed by atoms with Crippen molar-refractivity contribution >= 4 is 17.4 Å². The van der Waals surface area contributed by atoms with Gasteiger partial charge in [-0.25, -0.2) is 9.97 Å². The Kier molecular flexibility index (Phi) is 6.01. The van der Waals surface area contributed by atoms with Crippen LogP contribution in [-0.4, -0.2) is 41.8 Å². The van der Waals surface area contributed by atoms with Gasteiger partial charge in [0.05, 0.1) is 6.61 Å². The van der Waals surface area contributed by atoms with Crippen LogP contribution in [0.5, 0.6) is 0 Å². The van der Waals surface area contributed by atoms with Crippen LogP contribution in [0.1, 0.15) is 32.6 Å². The van der Waals surface area contributed by atoms with E-state index in [0.717, 1.165) is 25.3 Å². The van der Waals surface area contributed by atoms with Crippen molar-refractivity contribution in [2.24, 2.45) is 0 Å². The van der Waals surface area contributed by atoms with Crippen molar-refractivity contribution in [3.05, 3.63) is 17.5 Å². The summed E-state index contributed by atoms with van der Waals surface area (Å²) in [5.74, 6) is 0.814. The van der Waals surface area contributed by atoms with Gasteiger partial charge >= 0.3 is 0 Å². The molecule has 0 spiro atoms. The van der Waals surface area contributed by atoms with Crippen molar-refractivity contribution < 1.29 is 4.74 Å². The number of hydrogen-bond donors (Lipinski definition) is 2. The number of nitrogens with one attached hydrogen (secondary N) is 2. The average molecular weight is 299 g/mol. The van der Waals surface area contributed by atoms with Crippen LogP contribution >= 0.6 is 11.6 Å². The molecule has 0 aliphatic heterocycles. The molecule has 0 bridgehead atoms. The van der Waals surface area contributed by atoms with Gasteiger partial charge in [-0.2, -0.15) is 0 Å². The maximum absolute atomic E-state index is 5.86. The van der Waals surface area contributed by atoms with Gasteiger partial charge in [0.25, 0.3) is 0 Å². The molecule has 1 saturated carbocycles. The van der Waals surface area contributed by atoms with Gasteiger partial charge in [0.1, 0.15) is 17.3 Å². The molecule has 2 rings (SSSR count). The van der Waals surface area contributed by atoms with E-state index in [4.69, 9.17) is 16.3 Å². The van der Waals surface area contributed by atoms with Crippen LogP contribution in [0.15, 0.2) is 12.4 Å². The van der Waals surface area contributed by atoms with Crippen molar-refractivity contribution in [3.63, 3.8) is 0 Å². The van der Waals surface area contributed by atoms with Crippen molar-refractivity contribution in [1.29, 1.82) is 0 Å². The van der Waals surface area contributed by atoms with Crippen LogP contribution < -0.4 is 10.6 Å². The molecule has 0 amide bonds. The zero-order valence-electron chi connectivity index (χ0n) is 12.1. The molecule has 1 atom stereocenters. The van der Waals surface area contributed by atoms with Crippen LogP contribution in [0.4, 0.5) is 5.82 Å². The lowest BCUT2D eigenvalue weighted by Crippen LogP contribution is -2.42. The molecule has 1 heterocycles. The highest BCUT2D eigenvalue weighted by atomic mass is 35.5. The Bertz CT molecular complexity index is 410. The lowest BCUT2D eigenvalue weighted by Gasteiger charge is -2.31. The Labute approximate surface area is 125 Å². The van der Waals surface area contributed by atoms with E-state index in [1.807, 2.05) is 0 Å². The van der Waals surface area contributed by atoms with E-state index >= 15 is 0 Å². The summed E-state index contributed by atoms with van der Waals surface area (Å²) in [7, 11) is 1.74. The fraction of sp³-hybridized carbons (Fsp3) is 0.714. The van der Waals surface area contributed by atoms with Crippen molar-refractivity contribution in [2.45, 2.75) is 50.7 Å². The van der Waals surface area contributed by atoms with Crippen LogP contribution in [0.2, 0.25) is 5.15 Å². The SMILES string of the molecule is COC[C@@H](C)NC1CCC(Nc2cc(Cl)ncn2)CC1. The zero-order chi connectivity index (χ0) is 14.4. The molecule has 0 unspecified atom stereocenters. The Morgan fingerprint density at radius 1 is 1.30 bits per heavy atom. The van der Waals surface area contributed by atoms with Crippen molar-refractivity contribution in [2.75, 3.05) is 19.0 Å². The molecule has 0 aromatic carbocycles. The molecule has 6 heteroatoms. The minimum Gasteiger partial charge on any atom is -0.383 e. The fourth-order valence-corrected chi connectivity index (χ4v) is 2.87. The summed E-state index contributed by atoms with van der Waals surface area (Å²) in [4.78, 5) is 8.07. The summed E-state index contributed by atoms with van der Waals surface area (Å²) in [5.41, 5.74) is 0. The zero-order valence-corrected chi connectivity index (χ0v) is 12.9. The molecule has 1 aliphatic rings. The van der Waals surface area contributed by atoms with Crippen molar-refractivity contribution in [1.82, 2.24) is 15.3 Å². The first kappa shape index (κ1) is 15.5. The maximum Gasteiger partial charge on any atom is 0.134 e. The number of anilines is 1. The predicted octanol–water partition coefficient (Wildman–Crippen LogP) is 2.48. The summed E-state index contributed by atoms with van der Waals surface area (Å²) in [5, 5.41) is 7.52. The molecule has 0 saturated heterocycles. The number of nitrogens with zero attached hydrogens (tertiary/aromatic N) is 2. The van der Waals surface area contributed by atoms with Crippen LogP contribution in [0.3, 0.4) is 0 Å². The van der Waals surface area contributed by atoms with Crippen molar-refractivity contribution in [3.8, 4) is 0 Å². The normalized spacial score (nSPS) is 24.4. The van der Waals surface area contributed by atoms with Crippen LogP contribution in [-0.2, 0) is 4.74 Å². The molecule has 20 heavy (non-hydrogen) atoms. The molecule has 1 fully saturated rings. The second kappa shape index (κ2) is 7.76. The van der Waals surface area contributed by atoms with Gasteiger partial charge in [0.2, 0.25) is 0 Å². The smallest absolute Gasteiger partial charge is 0.134 e. The summed E-state index contributed by atoms with van der Waals surface area (Å²) in [6, 6.07) is 3.24. The Hall–Kier alpha value is -0.910. The number of methoxy groups -OCH3 is 1. The highest BCUT2D eigenvalue weighted by molar-refractivity contribution is 6.29. The van der Waals surface area contributed by atoms with E-state index in [2.05, 4.69) is 27.5 Å². The lowest BCUT2D eigenvalue weighted by molar-refractivity contribution is 0.161. The first-order chi connectivity index (χ1) is 9.67. The minimum absolute atomic E-state index is 0.412. The standard InChI is InChI=1S/C14H23ClN4O/c1-10(8-20-2)18-11-3-5-12(6-4-11)19-14-7-13(15)16-9-17-14/h7,9-12,18H,3-6,8H2,1-2H3,(H,16,17,19)/t10-,11?,12?/m1/s1. The van der Waals surface area contributed by atoms with Crippen LogP contribution in [0.25, 0.3) is 0 Å². The lowest BCUT2D eigenvalue weighted by atomic mass is 9.91. The monoisotopic (exact) mass is 298 g/mol. The van der Waals surface area contributed by atoms with Gasteiger partial charge in [0, 0.05) is 31.3 Å².